The van der Waals surface area contributed by atoms with Gasteiger partial charge in [0, 0.05) is 44.5 Å². The third-order valence-electron chi connectivity index (χ3n) is 6.64. The zero-order valence-electron chi connectivity index (χ0n) is 20.8. The van der Waals surface area contributed by atoms with Crippen LogP contribution in [0.15, 0.2) is 17.2 Å². The van der Waals surface area contributed by atoms with Crippen molar-refractivity contribution in [1.82, 2.24) is 29.2 Å². The first kappa shape index (κ1) is 25.9. The molecule has 37 heavy (non-hydrogen) atoms. The van der Waals surface area contributed by atoms with Gasteiger partial charge in [-0.2, -0.15) is 5.26 Å². The molecule has 1 aliphatic carbocycles. The Morgan fingerprint density at radius 1 is 1.22 bits per heavy atom. The van der Waals surface area contributed by atoms with Gasteiger partial charge < -0.3 is 4.90 Å². The molecule has 1 saturated carbocycles. The summed E-state index contributed by atoms with van der Waals surface area (Å²) < 4.78 is 57.5. The first-order valence-electron chi connectivity index (χ1n) is 12.1. The van der Waals surface area contributed by atoms with E-state index in [-0.39, 0.29) is 21.4 Å². The number of nitrogens with one attached hydrogen (secondary N) is 1. The number of sulfonamides is 1. The summed E-state index contributed by atoms with van der Waals surface area (Å²) in [4.78, 5) is 8.80. The summed E-state index contributed by atoms with van der Waals surface area (Å²) in [5.74, 6) is 0.625. The first-order valence-corrected chi connectivity index (χ1v) is 14.4. The highest BCUT2D eigenvalue weighted by atomic mass is 32.2. The summed E-state index contributed by atoms with van der Waals surface area (Å²) in [6.45, 7) is 9.98. The minimum absolute atomic E-state index is 0.00877. The molecule has 3 aromatic rings. The molecule has 1 saturated heterocycles. The molecule has 2 fully saturated rings. The normalized spacial score (nSPS) is 18.2. The SMILES string of the molecule is CC(C)CN1CCN(c2cc(S(=O)(=O)NC3(C)CC3)cn3c(-c4nnc(C(F)F)s4)nc(C#N)c23)CC1. The van der Waals surface area contributed by atoms with Gasteiger partial charge in [0.1, 0.15) is 16.5 Å². The number of pyridine rings is 1. The van der Waals surface area contributed by atoms with E-state index in [0.29, 0.717) is 41.5 Å². The molecule has 0 radical (unpaired) electrons. The van der Waals surface area contributed by atoms with E-state index >= 15 is 0 Å². The minimum atomic E-state index is -3.91. The Labute approximate surface area is 218 Å². The number of piperazine rings is 1. The lowest BCUT2D eigenvalue weighted by Gasteiger charge is -2.37. The second-order valence-electron chi connectivity index (χ2n) is 10.3. The predicted molar refractivity (Wildman–Crippen MR) is 135 cm³/mol. The molecule has 14 heteroatoms. The maximum Gasteiger partial charge on any atom is 0.291 e. The Morgan fingerprint density at radius 2 is 1.92 bits per heavy atom. The summed E-state index contributed by atoms with van der Waals surface area (Å²) in [5, 5.41) is 16.9. The van der Waals surface area contributed by atoms with Crippen LogP contribution in [-0.2, 0) is 10.0 Å². The van der Waals surface area contributed by atoms with Crippen molar-refractivity contribution in [3.8, 4) is 16.9 Å². The minimum Gasteiger partial charge on any atom is -0.367 e. The maximum absolute atomic E-state index is 13.4. The molecule has 0 atom stereocenters. The second-order valence-corrected chi connectivity index (χ2v) is 13.0. The van der Waals surface area contributed by atoms with E-state index in [0.717, 1.165) is 32.5 Å². The highest BCUT2D eigenvalue weighted by Gasteiger charge is 2.41. The number of halogens is 2. The van der Waals surface area contributed by atoms with E-state index < -0.39 is 27.0 Å². The number of nitriles is 1. The average molecular weight is 551 g/mol. The molecule has 0 aromatic carbocycles. The Kier molecular flexibility index (Phi) is 6.68. The fourth-order valence-electron chi connectivity index (χ4n) is 4.56. The fourth-order valence-corrected chi connectivity index (χ4v) is 6.73. The Hall–Kier alpha value is -2.73. The number of rotatable bonds is 8. The highest BCUT2D eigenvalue weighted by Crippen LogP contribution is 2.38. The molecule has 0 spiro atoms. The van der Waals surface area contributed by atoms with E-state index in [4.69, 9.17) is 0 Å². The van der Waals surface area contributed by atoms with Crippen molar-refractivity contribution >= 4 is 32.6 Å². The first-order chi connectivity index (χ1) is 17.5. The van der Waals surface area contributed by atoms with Gasteiger partial charge in [0.25, 0.3) is 6.43 Å². The molecule has 0 unspecified atom stereocenters. The summed E-state index contributed by atoms with van der Waals surface area (Å²) in [5.41, 5.74) is 0.550. The Balaban J connectivity index is 1.65. The lowest BCUT2D eigenvalue weighted by atomic mass is 10.1. The van der Waals surface area contributed by atoms with Crippen molar-refractivity contribution in [1.29, 1.82) is 5.26 Å². The van der Waals surface area contributed by atoms with Crippen LogP contribution in [0.5, 0.6) is 0 Å². The molecule has 0 bridgehead atoms. The van der Waals surface area contributed by atoms with Gasteiger partial charge in [-0.15, -0.1) is 10.2 Å². The predicted octanol–water partition coefficient (Wildman–Crippen LogP) is 3.27. The van der Waals surface area contributed by atoms with Crippen LogP contribution in [0.3, 0.4) is 0 Å². The van der Waals surface area contributed by atoms with Gasteiger partial charge in [-0.1, -0.05) is 25.2 Å². The zero-order chi connectivity index (χ0) is 26.5. The number of hydrogen-bond acceptors (Lipinski definition) is 9. The van der Waals surface area contributed by atoms with Crippen LogP contribution in [-0.4, -0.2) is 71.2 Å². The number of nitrogens with zero attached hydrogens (tertiary/aromatic N) is 7. The van der Waals surface area contributed by atoms with Crippen LogP contribution < -0.4 is 9.62 Å². The smallest absolute Gasteiger partial charge is 0.291 e. The standard InChI is InChI=1S/C23H28F2N8O2S2/c1-14(2)12-31-6-8-32(9-7-31)17-10-15(37(34,35)30-23(3)4-5-23)13-33-18(17)16(11-26)27-20(33)22-29-28-21(36-22)19(24)25/h10,13-14,19,30H,4-9,12H2,1-3H3. The molecule has 0 amide bonds. The van der Waals surface area contributed by atoms with Crippen molar-refractivity contribution in [3.63, 3.8) is 0 Å². The lowest BCUT2D eigenvalue weighted by Crippen LogP contribution is -2.47. The number of aromatic nitrogens is 4. The molecule has 198 valence electrons. The van der Waals surface area contributed by atoms with Gasteiger partial charge in [0.2, 0.25) is 10.0 Å². The monoisotopic (exact) mass is 550 g/mol. The molecule has 4 heterocycles. The molecular formula is C23H28F2N8O2S2. The Morgan fingerprint density at radius 3 is 2.49 bits per heavy atom. The van der Waals surface area contributed by atoms with Crippen molar-refractivity contribution in [3.05, 3.63) is 23.0 Å². The molecular weight excluding hydrogens is 522 g/mol. The van der Waals surface area contributed by atoms with E-state index in [1.54, 1.807) is 6.07 Å². The molecule has 1 aliphatic heterocycles. The molecule has 5 rings (SSSR count). The van der Waals surface area contributed by atoms with Crippen LogP contribution in [0.1, 0.15) is 50.7 Å². The van der Waals surface area contributed by atoms with Gasteiger partial charge in [0.15, 0.2) is 21.5 Å². The molecule has 2 aliphatic rings. The Bertz CT molecular complexity index is 1470. The lowest BCUT2D eigenvalue weighted by molar-refractivity contribution is 0.150. The number of imidazole rings is 1. The summed E-state index contributed by atoms with van der Waals surface area (Å²) in [6.07, 6.45) is 0.0731. The number of fused-ring (bicyclic) bond motifs is 1. The topological polar surface area (TPSA) is 120 Å². The second kappa shape index (κ2) is 9.54. The number of alkyl halides is 2. The zero-order valence-corrected chi connectivity index (χ0v) is 22.4. The average Bonchev–Trinajstić information content (AvgIpc) is 3.23. The van der Waals surface area contributed by atoms with E-state index in [1.165, 1.54) is 10.6 Å². The molecule has 1 N–H and O–H groups in total. The van der Waals surface area contributed by atoms with Gasteiger partial charge in [0.05, 0.1) is 5.69 Å². The van der Waals surface area contributed by atoms with Crippen molar-refractivity contribution in [2.75, 3.05) is 37.6 Å². The number of hydrogen-bond donors (Lipinski definition) is 1. The highest BCUT2D eigenvalue weighted by molar-refractivity contribution is 7.89. The van der Waals surface area contributed by atoms with Crippen LogP contribution in [0.25, 0.3) is 16.3 Å². The van der Waals surface area contributed by atoms with E-state index in [9.17, 15) is 22.5 Å². The quantitative estimate of drug-likeness (QED) is 0.454. The van der Waals surface area contributed by atoms with Crippen molar-refractivity contribution < 1.29 is 17.2 Å². The van der Waals surface area contributed by atoms with Crippen LogP contribution in [0.4, 0.5) is 14.5 Å². The maximum atomic E-state index is 13.4. The third kappa shape index (κ3) is 5.18. The number of anilines is 1. The largest absolute Gasteiger partial charge is 0.367 e. The van der Waals surface area contributed by atoms with Crippen LogP contribution in [0, 0.1) is 17.2 Å². The van der Waals surface area contributed by atoms with Crippen molar-refractivity contribution in [2.45, 2.75) is 50.5 Å². The summed E-state index contributed by atoms with van der Waals surface area (Å²) in [6, 6.07) is 3.67. The van der Waals surface area contributed by atoms with Crippen molar-refractivity contribution in [2.24, 2.45) is 5.92 Å². The van der Waals surface area contributed by atoms with E-state index in [1.807, 2.05) is 6.92 Å². The molecule has 10 nitrogen and oxygen atoms in total. The van der Waals surface area contributed by atoms with E-state index in [2.05, 4.69) is 49.6 Å². The van der Waals surface area contributed by atoms with Crippen LogP contribution in [0.2, 0.25) is 0 Å². The third-order valence-corrected chi connectivity index (χ3v) is 9.17. The summed E-state index contributed by atoms with van der Waals surface area (Å²) >= 11 is 0.663. The van der Waals surface area contributed by atoms with Gasteiger partial charge in [-0.3, -0.25) is 9.30 Å². The molecule has 3 aromatic heterocycles. The van der Waals surface area contributed by atoms with Gasteiger partial charge in [-0.25, -0.2) is 26.9 Å². The summed E-state index contributed by atoms with van der Waals surface area (Å²) in [7, 11) is -3.91. The fraction of sp³-hybridized carbons (Fsp3) is 0.565. The van der Waals surface area contributed by atoms with Crippen LogP contribution >= 0.6 is 11.3 Å². The van der Waals surface area contributed by atoms with Gasteiger partial charge >= 0.3 is 0 Å². The van der Waals surface area contributed by atoms with Gasteiger partial charge in [-0.05, 0) is 31.7 Å².